The Kier molecular flexibility index (Phi) is 4.19. The molecule has 0 aliphatic heterocycles. The first-order chi connectivity index (χ1) is 8.92. The Labute approximate surface area is 116 Å². The van der Waals surface area contributed by atoms with E-state index in [9.17, 15) is 5.11 Å². The van der Waals surface area contributed by atoms with Crippen molar-refractivity contribution in [2.75, 3.05) is 0 Å². The highest BCUT2D eigenvalue weighted by Gasteiger charge is 2.40. The number of ether oxygens (including phenoxy) is 1. The number of aliphatic hydroxyl groups is 1. The first-order valence-corrected chi connectivity index (χ1v) is 7.35. The number of para-hydroxylation sites is 1. The Morgan fingerprint density at radius 2 is 1.95 bits per heavy atom. The van der Waals surface area contributed by atoms with Gasteiger partial charge < -0.3 is 9.84 Å². The van der Waals surface area contributed by atoms with Crippen molar-refractivity contribution < 1.29 is 9.84 Å². The zero-order valence-electron chi connectivity index (χ0n) is 12.5. The highest BCUT2D eigenvalue weighted by molar-refractivity contribution is 5.36. The largest absolute Gasteiger partial charge is 0.491 e. The Morgan fingerprint density at radius 3 is 2.53 bits per heavy atom. The van der Waals surface area contributed by atoms with E-state index in [1.165, 1.54) is 12.8 Å². The molecular weight excluding hydrogens is 236 g/mol. The summed E-state index contributed by atoms with van der Waals surface area (Å²) in [4.78, 5) is 0. The number of hydrogen-bond donors (Lipinski definition) is 1. The van der Waals surface area contributed by atoms with Crippen LogP contribution in [0.1, 0.15) is 58.6 Å². The molecule has 1 saturated carbocycles. The maximum atomic E-state index is 10.8. The Balaban J connectivity index is 2.26. The molecule has 106 valence electrons. The molecule has 0 bridgehead atoms. The van der Waals surface area contributed by atoms with E-state index in [1.54, 1.807) is 0 Å². The highest BCUT2D eigenvalue weighted by atomic mass is 16.5. The van der Waals surface area contributed by atoms with Crippen LogP contribution in [0.2, 0.25) is 0 Å². The summed E-state index contributed by atoms with van der Waals surface area (Å²) in [5, 5.41) is 10.8. The van der Waals surface area contributed by atoms with Gasteiger partial charge in [0.15, 0.2) is 0 Å². The summed E-state index contributed by atoms with van der Waals surface area (Å²) in [7, 11) is 0. The fourth-order valence-corrected chi connectivity index (χ4v) is 3.24. The minimum atomic E-state index is -0.424. The minimum Gasteiger partial charge on any atom is -0.491 e. The van der Waals surface area contributed by atoms with Crippen molar-refractivity contribution in [3.05, 3.63) is 29.8 Å². The van der Waals surface area contributed by atoms with E-state index in [1.807, 2.05) is 38.1 Å². The van der Waals surface area contributed by atoms with E-state index < -0.39 is 6.10 Å². The number of hydrogen-bond acceptors (Lipinski definition) is 2. The lowest BCUT2D eigenvalue weighted by molar-refractivity contribution is 0.0500. The van der Waals surface area contributed by atoms with Gasteiger partial charge in [0.1, 0.15) is 5.75 Å². The summed E-state index contributed by atoms with van der Waals surface area (Å²) < 4.78 is 5.83. The van der Waals surface area contributed by atoms with Crippen LogP contribution in [-0.2, 0) is 0 Å². The van der Waals surface area contributed by atoms with Crippen LogP contribution in [0.5, 0.6) is 5.75 Å². The molecule has 1 fully saturated rings. The quantitative estimate of drug-likeness (QED) is 0.875. The van der Waals surface area contributed by atoms with Crippen molar-refractivity contribution >= 4 is 0 Å². The fraction of sp³-hybridized carbons (Fsp3) is 0.647. The summed E-state index contributed by atoms with van der Waals surface area (Å²) in [6, 6.07) is 7.90. The van der Waals surface area contributed by atoms with Gasteiger partial charge >= 0.3 is 0 Å². The van der Waals surface area contributed by atoms with Crippen LogP contribution in [0.4, 0.5) is 0 Å². The monoisotopic (exact) mass is 262 g/mol. The molecule has 1 aliphatic rings. The van der Waals surface area contributed by atoms with Gasteiger partial charge in [0.25, 0.3) is 0 Å². The van der Waals surface area contributed by atoms with Crippen LogP contribution in [0.15, 0.2) is 24.3 Å². The lowest BCUT2D eigenvalue weighted by Crippen LogP contribution is -2.24. The molecule has 1 aromatic rings. The average molecular weight is 262 g/mol. The topological polar surface area (TPSA) is 29.5 Å². The van der Waals surface area contributed by atoms with Crippen LogP contribution >= 0.6 is 0 Å². The molecular formula is C17H26O2. The second-order valence-electron chi connectivity index (χ2n) is 6.64. The average Bonchev–Trinajstić information content (AvgIpc) is 2.68. The second kappa shape index (κ2) is 5.54. The molecule has 2 rings (SSSR count). The van der Waals surface area contributed by atoms with Crippen LogP contribution in [0, 0.1) is 11.3 Å². The molecule has 2 nitrogen and oxygen atoms in total. The summed E-state index contributed by atoms with van der Waals surface area (Å²) in [6.45, 7) is 8.56. The van der Waals surface area contributed by atoms with Crippen molar-refractivity contribution in [1.82, 2.24) is 0 Å². The van der Waals surface area contributed by atoms with Gasteiger partial charge in [-0.2, -0.15) is 0 Å². The summed E-state index contributed by atoms with van der Waals surface area (Å²) in [5.74, 6) is 1.15. The van der Waals surface area contributed by atoms with Gasteiger partial charge in [-0.25, -0.2) is 0 Å². The van der Waals surface area contributed by atoms with Crippen LogP contribution in [0.25, 0.3) is 0 Å². The molecule has 0 spiro atoms. The molecule has 0 heterocycles. The van der Waals surface area contributed by atoms with E-state index in [0.29, 0.717) is 5.92 Å². The van der Waals surface area contributed by atoms with Crippen molar-refractivity contribution in [2.24, 2.45) is 11.3 Å². The van der Waals surface area contributed by atoms with E-state index in [0.717, 1.165) is 17.7 Å². The van der Waals surface area contributed by atoms with E-state index >= 15 is 0 Å². The lowest BCUT2D eigenvalue weighted by atomic mass is 9.76. The third-order valence-corrected chi connectivity index (χ3v) is 4.32. The number of benzene rings is 1. The third kappa shape index (κ3) is 3.11. The second-order valence-corrected chi connectivity index (χ2v) is 6.64. The zero-order valence-corrected chi connectivity index (χ0v) is 12.5. The van der Waals surface area contributed by atoms with Gasteiger partial charge in [-0.1, -0.05) is 38.5 Å². The molecule has 0 saturated heterocycles. The van der Waals surface area contributed by atoms with Crippen molar-refractivity contribution in [1.29, 1.82) is 0 Å². The van der Waals surface area contributed by atoms with Gasteiger partial charge in [-0.3, -0.25) is 0 Å². The normalized spacial score (nSPS) is 23.6. The molecule has 2 unspecified atom stereocenters. The highest BCUT2D eigenvalue weighted by Crippen LogP contribution is 2.49. The van der Waals surface area contributed by atoms with Crippen LogP contribution in [-0.4, -0.2) is 11.2 Å². The van der Waals surface area contributed by atoms with Gasteiger partial charge in [0.05, 0.1) is 12.2 Å². The number of aliphatic hydroxyl groups excluding tert-OH is 1. The van der Waals surface area contributed by atoms with Gasteiger partial charge in [0, 0.05) is 5.56 Å². The van der Waals surface area contributed by atoms with Gasteiger partial charge in [0.2, 0.25) is 0 Å². The molecule has 0 aromatic heterocycles. The van der Waals surface area contributed by atoms with Crippen LogP contribution in [0.3, 0.4) is 0 Å². The molecule has 0 amide bonds. The first-order valence-electron chi connectivity index (χ1n) is 7.35. The van der Waals surface area contributed by atoms with Crippen molar-refractivity contribution in [2.45, 2.75) is 59.2 Å². The molecule has 19 heavy (non-hydrogen) atoms. The predicted octanol–water partition coefficient (Wildman–Crippen LogP) is 4.33. The maximum absolute atomic E-state index is 10.8. The van der Waals surface area contributed by atoms with Crippen molar-refractivity contribution in [3.8, 4) is 5.75 Å². The maximum Gasteiger partial charge on any atom is 0.125 e. The van der Waals surface area contributed by atoms with E-state index in [-0.39, 0.29) is 11.5 Å². The Morgan fingerprint density at radius 1 is 1.26 bits per heavy atom. The predicted molar refractivity (Wildman–Crippen MR) is 78.3 cm³/mol. The van der Waals surface area contributed by atoms with Gasteiger partial charge in [-0.15, -0.1) is 0 Å². The van der Waals surface area contributed by atoms with Gasteiger partial charge in [-0.05, 0) is 44.1 Å². The summed E-state index contributed by atoms with van der Waals surface area (Å²) in [6.07, 6.45) is 3.21. The Hall–Kier alpha value is -1.02. The Bertz CT molecular complexity index is 423. The van der Waals surface area contributed by atoms with E-state index in [4.69, 9.17) is 4.74 Å². The minimum absolute atomic E-state index is 0.130. The summed E-state index contributed by atoms with van der Waals surface area (Å²) >= 11 is 0. The fourth-order valence-electron chi connectivity index (χ4n) is 3.24. The van der Waals surface area contributed by atoms with Crippen molar-refractivity contribution in [3.63, 3.8) is 0 Å². The zero-order chi connectivity index (χ0) is 14.0. The molecule has 1 N–H and O–H groups in total. The molecule has 1 aliphatic carbocycles. The van der Waals surface area contributed by atoms with Crippen LogP contribution < -0.4 is 4.74 Å². The SMILES string of the molecule is CC(C)Oc1ccccc1C(O)C1CCCC1(C)C. The standard InChI is InChI=1S/C17H26O2/c1-12(2)19-15-10-6-5-8-13(15)16(18)14-9-7-11-17(14,3)4/h5-6,8,10,12,14,16,18H,7,9,11H2,1-4H3. The smallest absolute Gasteiger partial charge is 0.125 e. The lowest BCUT2D eigenvalue weighted by Gasteiger charge is -2.32. The molecule has 2 heteroatoms. The third-order valence-electron chi connectivity index (χ3n) is 4.32. The first kappa shape index (κ1) is 14.4. The number of rotatable bonds is 4. The molecule has 0 radical (unpaired) electrons. The summed E-state index contributed by atoms with van der Waals surface area (Å²) in [5.41, 5.74) is 1.15. The molecule has 1 aromatic carbocycles. The molecule has 2 atom stereocenters. The van der Waals surface area contributed by atoms with E-state index in [2.05, 4.69) is 13.8 Å².